The molecule has 41 heavy (non-hydrogen) atoms. The number of rotatable bonds is 17. The van der Waals surface area contributed by atoms with E-state index in [0.29, 0.717) is 13.2 Å². The van der Waals surface area contributed by atoms with Crippen molar-refractivity contribution >= 4 is 17.1 Å². The van der Waals surface area contributed by atoms with Gasteiger partial charge in [-0.2, -0.15) is 0 Å². The van der Waals surface area contributed by atoms with Crippen molar-refractivity contribution in [2.75, 3.05) is 40.3 Å². The number of hydrogen-bond acceptors (Lipinski definition) is 3. The SMILES string of the molecule is CCCCCCCN(C)C(=O)/C=C/CN(C)CCOc1ccc(/C(=C(/CC)c2ccccc2)c2ccccc2)cc1. The van der Waals surface area contributed by atoms with Gasteiger partial charge in [-0.15, -0.1) is 0 Å². The molecule has 0 aliphatic rings. The Morgan fingerprint density at radius 1 is 0.732 bits per heavy atom. The molecule has 1 amide bonds. The quantitative estimate of drug-likeness (QED) is 0.0958. The van der Waals surface area contributed by atoms with Crippen molar-refractivity contribution in [2.24, 2.45) is 0 Å². The van der Waals surface area contributed by atoms with E-state index in [2.05, 4.69) is 104 Å². The zero-order valence-electron chi connectivity index (χ0n) is 25.5. The minimum absolute atomic E-state index is 0.0765. The van der Waals surface area contributed by atoms with E-state index in [9.17, 15) is 4.79 Å². The van der Waals surface area contributed by atoms with E-state index in [1.165, 1.54) is 53.5 Å². The number of ether oxygens (including phenoxy) is 1. The first-order chi connectivity index (χ1) is 20.0. The summed E-state index contributed by atoms with van der Waals surface area (Å²) in [4.78, 5) is 16.3. The molecule has 3 aromatic carbocycles. The molecule has 4 heteroatoms. The number of carbonyl (C=O) groups excluding carboxylic acids is 1. The van der Waals surface area contributed by atoms with E-state index in [1.807, 2.05) is 25.1 Å². The van der Waals surface area contributed by atoms with Crippen LogP contribution in [0.2, 0.25) is 0 Å². The van der Waals surface area contributed by atoms with Crippen molar-refractivity contribution in [3.63, 3.8) is 0 Å². The molecule has 0 N–H and O–H groups in total. The molecule has 0 aliphatic heterocycles. The first-order valence-electron chi connectivity index (χ1n) is 15.2. The van der Waals surface area contributed by atoms with Crippen molar-refractivity contribution in [3.8, 4) is 5.75 Å². The lowest BCUT2D eigenvalue weighted by Crippen LogP contribution is -2.27. The number of unbranched alkanes of at least 4 members (excludes halogenated alkanes) is 4. The average molecular weight is 553 g/mol. The van der Waals surface area contributed by atoms with Gasteiger partial charge >= 0.3 is 0 Å². The summed E-state index contributed by atoms with van der Waals surface area (Å²) in [5.41, 5.74) is 6.24. The van der Waals surface area contributed by atoms with Crippen LogP contribution in [-0.2, 0) is 4.79 Å². The van der Waals surface area contributed by atoms with Gasteiger partial charge in [0.25, 0.3) is 0 Å². The average Bonchev–Trinajstić information content (AvgIpc) is 3.01. The van der Waals surface area contributed by atoms with Gasteiger partial charge in [0.15, 0.2) is 0 Å². The Bertz CT molecular complexity index is 1220. The molecule has 0 heterocycles. The fourth-order valence-electron chi connectivity index (χ4n) is 4.94. The second-order valence-electron chi connectivity index (χ2n) is 10.7. The highest BCUT2D eigenvalue weighted by Crippen LogP contribution is 2.34. The molecule has 0 spiro atoms. The lowest BCUT2D eigenvalue weighted by Gasteiger charge is -2.18. The number of likely N-dealkylation sites (N-methyl/N-ethyl adjacent to an activating group) is 2. The third-order valence-corrected chi connectivity index (χ3v) is 7.38. The van der Waals surface area contributed by atoms with Gasteiger partial charge < -0.3 is 9.64 Å². The Morgan fingerprint density at radius 2 is 1.34 bits per heavy atom. The van der Waals surface area contributed by atoms with Crippen LogP contribution in [0.4, 0.5) is 0 Å². The smallest absolute Gasteiger partial charge is 0.246 e. The first kappa shape index (κ1) is 31.9. The van der Waals surface area contributed by atoms with Gasteiger partial charge in [0, 0.05) is 32.8 Å². The Morgan fingerprint density at radius 3 is 1.98 bits per heavy atom. The molecule has 4 nitrogen and oxygen atoms in total. The molecule has 0 radical (unpaired) electrons. The van der Waals surface area contributed by atoms with Gasteiger partial charge in [0.05, 0.1) is 0 Å². The van der Waals surface area contributed by atoms with Crippen LogP contribution in [0, 0.1) is 0 Å². The highest BCUT2D eigenvalue weighted by molar-refractivity contribution is 5.98. The van der Waals surface area contributed by atoms with Gasteiger partial charge in [0.1, 0.15) is 12.4 Å². The second-order valence-corrected chi connectivity index (χ2v) is 10.7. The fraction of sp³-hybridized carbons (Fsp3) is 0.378. The third-order valence-electron chi connectivity index (χ3n) is 7.38. The van der Waals surface area contributed by atoms with Crippen LogP contribution in [0.3, 0.4) is 0 Å². The molecule has 218 valence electrons. The summed E-state index contributed by atoms with van der Waals surface area (Å²) in [6, 6.07) is 29.7. The Hall–Kier alpha value is -3.63. The van der Waals surface area contributed by atoms with Crippen molar-refractivity contribution < 1.29 is 9.53 Å². The van der Waals surface area contributed by atoms with Crippen molar-refractivity contribution in [2.45, 2.75) is 52.4 Å². The Kier molecular flexibility index (Phi) is 13.9. The minimum Gasteiger partial charge on any atom is -0.492 e. The summed E-state index contributed by atoms with van der Waals surface area (Å²) in [7, 11) is 3.93. The van der Waals surface area contributed by atoms with Crippen molar-refractivity contribution in [1.82, 2.24) is 9.80 Å². The molecule has 0 saturated heterocycles. The first-order valence-corrected chi connectivity index (χ1v) is 15.2. The van der Waals surface area contributed by atoms with Crippen LogP contribution in [0.25, 0.3) is 11.1 Å². The van der Waals surface area contributed by atoms with Gasteiger partial charge in [-0.3, -0.25) is 9.69 Å². The molecular formula is C37H48N2O2. The summed E-state index contributed by atoms with van der Waals surface area (Å²) in [6.07, 6.45) is 10.6. The van der Waals surface area contributed by atoms with E-state index >= 15 is 0 Å². The molecule has 0 bridgehead atoms. The Balaban J connectivity index is 1.53. The predicted octanol–water partition coefficient (Wildman–Crippen LogP) is 8.35. The fourth-order valence-corrected chi connectivity index (χ4v) is 4.94. The van der Waals surface area contributed by atoms with E-state index < -0.39 is 0 Å². The van der Waals surface area contributed by atoms with E-state index in [-0.39, 0.29) is 5.91 Å². The third kappa shape index (κ3) is 10.7. The molecule has 3 aromatic rings. The highest BCUT2D eigenvalue weighted by atomic mass is 16.5. The standard InChI is InChI=1S/C37H48N2O2/c1-5-7-8-9-16-28-39(4)36(40)22-17-27-38(3)29-30-41-34-25-23-33(24-26-34)37(32-20-14-11-15-21-32)35(6-2)31-18-12-10-13-19-31/h10-15,17-26H,5-9,16,27-30H2,1-4H3/b22-17+,37-35-. The molecule has 0 saturated carbocycles. The van der Waals surface area contributed by atoms with Crippen LogP contribution in [0.5, 0.6) is 5.75 Å². The zero-order valence-corrected chi connectivity index (χ0v) is 25.5. The van der Waals surface area contributed by atoms with Gasteiger partial charge in [-0.05, 0) is 59.9 Å². The van der Waals surface area contributed by atoms with E-state index in [0.717, 1.165) is 31.7 Å². The maximum atomic E-state index is 12.3. The summed E-state index contributed by atoms with van der Waals surface area (Å²) in [6.45, 7) is 7.33. The van der Waals surface area contributed by atoms with Crippen LogP contribution >= 0.6 is 0 Å². The van der Waals surface area contributed by atoms with Crippen LogP contribution in [0.1, 0.15) is 69.1 Å². The molecule has 0 atom stereocenters. The predicted molar refractivity (Wildman–Crippen MR) is 174 cm³/mol. The van der Waals surface area contributed by atoms with Crippen molar-refractivity contribution in [3.05, 3.63) is 114 Å². The number of nitrogens with zero attached hydrogens (tertiary/aromatic N) is 2. The number of allylic oxidation sites excluding steroid dienone is 1. The highest BCUT2D eigenvalue weighted by Gasteiger charge is 2.13. The van der Waals surface area contributed by atoms with Crippen LogP contribution in [0.15, 0.2) is 97.1 Å². The van der Waals surface area contributed by atoms with Gasteiger partial charge in [-0.1, -0.05) is 118 Å². The van der Waals surface area contributed by atoms with E-state index in [4.69, 9.17) is 4.74 Å². The largest absolute Gasteiger partial charge is 0.492 e. The lowest BCUT2D eigenvalue weighted by atomic mass is 9.88. The number of carbonyl (C=O) groups is 1. The number of hydrogen-bond donors (Lipinski definition) is 0. The summed E-state index contributed by atoms with van der Waals surface area (Å²) in [5.74, 6) is 0.936. The maximum absolute atomic E-state index is 12.3. The molecule has 0 aliphatic carbocycles. The zero-order chi connectivity index (χ0) is 29.3. The molecule has 0 fully saturated rings. The topological polar surface area (TPSA) is 32.8 Å². The van der Waals surface area contributed by atoms with Crippen LogP contribution in [-0.4, -0.2) is 56.0 Å². The monoisotopic (exact) mass is 552 g/mol. The second kappa shape index (κ2) is 17.9. The summed E-state index contributed by atoms with van der Waals surface area (Å²) in [5, 5.41) is 0. The van der Waals surface area contributed by atoms with E-state index in [1.54, 1.807) is 6.08 Å². The maximum Gasteiger partial charge on any atom is 0.246 e. The summed E-state index contributed by atoms with van der Waals surface area (Å²) >= 11 is 0. The lowest BCUT2D eigenvalue weighted by molar-refractivity contribution is -0.124. The molecule has 0 unspecified atom stereocenters. The molecule has 3 rings (SSSR count). The normalized spacial score (nSPS) is 12.0. The molecule has 0 aromatic heterocycles. The van der Waals surface area contributed by atoms with Gasteiger partial charge in [0.2, 0.25) is 5.91 Å². The number of amides is 1. The van der Waals surface area contributed by atoms with Gasteiger partial charge in [-0.25, -0.2) is 0 Å². The van der Waals surface area contributed by atoms with Crippen LogP contribution < -0.4 is 4.74 Å². The summed E-state index contributed by atoms with van der Waals surface area (Å²) < 4.78 is 6.07. The van der Waals surface area contributed by atoms with Crippen molar-refractivity contribution in [1.29, 1.82) is 0 Å². The number of benzene rings is 3. The molecular weight excluding hydrogens is 504 g/mol. The Labute approximate surface area is 248 Å². The minimum atomic E-state index is 0.0765.